The highest BCUT2D eigenvalue weighted by molar-refractivity contribution is 7.80. The van der Waals surface area contributed by atoms with Gasteiger partial charge in [-0.3, -0.25) is 4.98 Å². The van der Waals surface area contributed by atoms with E-state index in [-0.39, 0.29) is 0 Å². The number of nitrogens with zero attached hydrogens (tertiary/aromatic N) is 1. The van der Waals surface area contributed by atoms with E-state index in [1.807, 2.05) is 6.20 Å². The third-order valence-corrected chi connectivity index (χ3v) is 2.85. The Bertz CT molecular complexity index is 294. The summed E-state index contributed by atoms with van der Waals surface area (Å²) < 4.78 is 0. The minimum atomic E-state index is 1.04. The number of hydrogen-bond acceptors (Lipinski definition) is 2. The summed E-state index contributed by atoms with van der Waals surface area (Å²) in [6.07, 6.45) is 5.45. The maximum absolute atomic E-state index is 4.43. The molecule has 0 aliphatic carbocycles. The fraction of sp³-hybridized carbons (Fsp3) is 0.545. The topological polar surface area (TPSA) is 12.9 Å². The first-order chi connectivity index (χ1) is 6.16. The van der Waals surface area contributed by atoms with Crippen molar-refractivity contribution >= 4 is 12.6 Å². The molecular formula is C11H17NS. The summed E-state index contributed by atoms with van der Waals surface area (Å²) in [5, 5.41) is 0. The highest BCUT2D eigenvalue weighted by atomic mass is 32.1. The van der Waals surface area contributed by atoms with Crippen molar-refractivity contribution in [2.24, 2.45) is 0 Å². The van der Waals surface area contributed by atoms with E-state index in [0.717, 1.165) is 17.0 Å². The normalized spacial score (nSPS) is 10.5. The highest BCUT2D eigenvalue weighted by Crippen LogP contribution is 2.21. The molecule has 0 aromatic carbocycles. The predicted octanol–water partition coefficient (Wildman–Crippen LogP) is 3.33. The minimum absolute atomic E-state index is 1.04. The van der Waals surface area contributed by atoms with Crippen molar-refractivity contribution in [3.63, 3.8) is 0 Å². The average Bonchev–Trinajstić information content (AvgIpc) is 2.12. The molecule has 0 bridgehead atoms. The first-order valence-electron chi connectivity index (χ1n) is 4.80. The molecule has 0 unspecified atom stereocenters. The van der Waals surface area contributed by atoms with Crippen LogP contribution >= 0.6 is 12.6 Å². The van der Waals surface area contributed by atoms with Gasteiger partial charge in [-0.25, -0.2) is 0 Å². The predicted molar refractivity (Wildman–Crippen MR) is 59.6 cm³/mol. The molecule has 2 heteroatoms. The van der Waals surface area contributed by atoms with Crippen molar-refractivity contribution in [1.82, 2.24) is 4.98 Å². The Morgan fingerprint density at radius 1 is 1.38 bits per heavy atom. The van der Waals surface area contributed by atoms with Crippen LogP contribution in [-0.2, 0) is 6.42 Å². The van der Waals surface area contributed by atoms with Crippen molar-refractivity contribution in [3.8, 4) is 0 Å². The number of hydrogen-bond donors (Lipinski definition) is 1. The van der Waals surface area contributed by atoms with Gasteiger partial charge in [-0.1, -0.05) is 13.3 Å². The molecule has 0 saturated heterocycles. The molecule has 72 valence electrons. The van der Waals surface area contributed by atoms with Gasteiger partial charge in [-0.15, -0.1) is 12.6 Å². The van der Waals surface area contributed by atoms with Crippen molar-refractivity contribution in [2.75, 3.05) is 0 Å². The molecule has 1 rings (SSSR count). The molecular weight excluding hydrogens is 178 g/mol. The number of aromatic nitrogens is 1. The smallest absolute Gasteiger partial charge is 0.0407 e. The SMILES string of the molecule is CCCCc1c(S)cnc(C)c1C. The van der Waals surface area contributed by atoms with Gasteiger partial charge in [0.2, 0.25) is 0 Å². The fourth-order valence-corrected chi connectivity index (χ4v) is 1.75. The lowest BCUT2D eigenvalue weighted by Crippen LogP contribution is -1.97. The second-order valence-corrected chi connectivity index (χ2v) is 3.92. The van der Waals surface area contributed by atoms with Crippen LogP contribution in [0.4, 0.5) is 0 Å². The van der Waals surface area contributed by atoms with Crippen molar-refractivity contribution in [2.45, 2.75) is 44.9 Å². The van der Waals surface area contributed by atoms with Gasteiger partial charge in [0.15, 0.2) is 0 Å². The quantitative estimate of drug-likeness (QED) is 0.730. The van der Waals surface area contributed by atoms with Crippen molar-refractivity contribution in [3.05, 3.63) is 23.0 Å². The lowest BCUT2D eigenvalue weighted by atomic mass is 10.0. The standard InChI is InChI=1S/C11H17NS/c1-4-5-6-10-8(2)9(3)12-7-11(10)13/h7,13H,4-6H2,1-3H3. The molecule has 1 aromatic heterocycles. The van der Waals surface area contributed by atoms with E-state index in [1.165, 1.54) is 24.0 Å². The monoisotopic (exact) mass is 195 g/mol. The summed E-state index contributed by atoms with van der Waals surface area (Å²) in [6, 6.07) is 0. The highest BCUT2D eigenvalue weighted by Gasteiger charge is 2.05. The summed E-state index contributed by atoms with van der Waals surface area (Å²) in [5.74, 6) is 0. The Labute approximate surface area is 86.0 Å². The van der Waals surface area contributed by atoms with E-state index >= 15 is 0 Å². The molecule has 1 nitrogen and oxygen atoms in total. The molecule has 0 spiro atoms. The molecule has 0 atom stereocenters. The van der Waals surface area contributed by atoms with Crippen LogP contribution in [0.25, 0.3) is 0 Å². The first-order valence-corrected chi connectivity index (χ1v) is 5.25. The number of thiol groups is 1. The Morgan fingerprint density at radius 3 is 2.69 bits per heavy atom. The van der Waals surface area contributed by atoms with Crippen molar-refractivity contribution in [1.29, 1.82) is 0 Å². The Kier molecular flexibility index (Phi) is 3.79. The zero-order chi connectivity index (χ0) is 9.84. The summed E-state index contributed by atoms with van der Waals surface area (Å²) in [6.45, 7) is 6.40. The van der Waals surface area contributed by atoms with E-state index < -0.39 is 0 Å². The maximum atomic E-state index is 4.43. The van der Waals surface area contributed by atoms with Gasteiger partial charge in [-0.05, 0) is 37.8 Å². The van der Waals surface area contributed by atoms with Crippen LogP contribution in [0.1, 0.15) is 36.6 Å². The second kappa shape index (κ2) is 4.66. The van der Waals surface area contributed by atoms with Crippen LogP contribution < -0.4 is 0 Å². The van der Waals surface area contributed by atoms with E-state index in [0.29, 0.717) is 0 Å². The van der Waals surface area contributed by atoms with E-state index in [4.69, 9.17) is 0 Å². The van der Waals surface area contributed by atoms with Gasteiger partial charge in [-0.2, -0.15) is 0 Å². The second-order valence-electron chi connectivity index (χ2n) is 3.44. The molecule has 0 amide bonds. The number of aryl methyl sites for hydroxylation is 1. The van der Waals surface area contributed by atoms with Gasteiger partial charge in [0.05, 0.1) is 0 Å². The van der Waals surface area contributed by atoms with Crippen LogP contribution in [0, 0.1) is 13.8 Å². The van der Waals surface area contributed by atoms with Gasteiger partial charge in [0.25, 0.3) is 0 Å². The lowest BCUT2D eigenvalue weighted by molar-refractivity contribution is 0.775. The largest absolute Gasteiger partial charge is 0.260 e. The lowest BCUT2D eigenvalue weighted by Gasteiger charge is -2.09. The summed E-state index contributed by atoms with van der Waals surface area (Å²) >= 11 is 4.43. The molecule has 0 fully saturated rings. The number of unbranched alkanes of at least 4 members (excludes halogenated alkanes) is 1. The van der Waals surface area contributed by atoms with Gasteiger partial charge < -0.3 is 0 Å². The Balaban J connectivity index is 2.96. The molecule has 0 aliphatic rings. The number of rotatable bonds is 3. The summed E-state index contributed by atoms with van der Waals surface area (Å²) in [7, 11) is 0. The van der Waals surface area contributed by atoms with E-state index in [9.17, 15) is 0 Å². The fourth-order valence-electron chi connectivity index (χ4n) is 1.41. The molecule has 0 aliphatic heterocycles. The molecule has 0 saturated carbocycles. The molecule has 1 aromatic rings. The molecule has 13 heavy (non-hydrogen) atoms. The van der Waals surface area contributed by atoms with Crippen LogP contribution in [0.2, 0.25) is 0 Å². The first kappa shape index (κ1) is 10.6. The van der Waals surface area contributed by atoms with Crippen molar-refractivity contribution < 1.29 is 0 Å². The van der Waals surface area contributed by atoms with Crippen LogP contribution in [0.5, 0.6) is 0 Å². The Morgan fingerprint density at radius 2 is 2.08 bits per heavy atom. The van der Waals surface area contributed by atoms with E-state index in [1.54, 1.807) is 0 Å². The van der Waals surface area contributed by atoms with Crippen LogP contribution in [0.3, 0.4) is 0 Å². The van der Waals surface area contributed by atoms with Gasteiger partial charge in [0, 0.05) is 16.8 Å². The Hall–Kier alpha value is -0.500. The van der Waals surface area contributed by atoms with Gasteiger partial charge >= 0.3 is 0 Å². The minimum Gasteiger partial charge on any atom is -0.260 e. The van der Waals surface area contributed by atoms with E-state index in [2.05, 4.69) is 38.4 Å². The van der Waals surface area contributed by atoms with Crippen LogP contribution in [0.15, 0.2) is 11.1 Å². The van der Waals surface area contributed by atoms with Gasteiger partial charge in [0.1, 0.15) is 0 Å². The number of pyridine rings is 1. The molecule has 0 N–H and O–H groups in total. The average molecular weight is 195 g/mol. The third-order valence-electron chi connectivity index (χ3n) is 2.47. The molecule has 0 radical (unpaired) electrons. The summed E-state index contributed by atoms with van der Waals surface area (Å²) in [5.41, 5.74) is 3.81. The summed E-state index contributed by atoms with van der Waals surface area (Å²) in [4.78, 5) is 5.31. The zero-order valence-corrected chi connectivity index (χ0v) is 9.49. The molecule has 1 heterocycles. The third kappa shape index (κ3) is 2.47. The van der Waals surface area contributed by atoms with Crippen LogP contribution in [-0.4, -0.2) is 4.98 Å². The zero-order valence-electron chi connectivity index (χ0n) is 8.59. The maximum Gasteiger partial charge on any atom is 0.0407 e.